The van der Waals surface area contributed by atoms with Crippen molar-refractivity contribution in [2.45, 2.75) is 6.54 Å². The summed E-state index contributed by atoms with van der Waals surface area (Å²) in [4.78, 5) is 4.10. The minimum absolute atomic E-state index is 0.742. The standard InChI is InChI=1S/C10H12ClN3/c11-10-4-2-1-3-9(10)7-13-14-6-5-12-8-14/h1-4,8,13H,5-7H2. The van der Waals surface area contributed by atoms with E-state index in [9.17, 15) is 0 Å². The zero-order valence-electron chi connectivity index (χ0n) is 7.78. The smallest absolute Gasteiger partial charge is 0.0993 e. The van der Waals surface area contributed by atoms with Crippen LogP contribution in [0.15, 0.2) is 29.3 Å². The Morgan fingerprint density at radius 3 is 3.00 bits per heavy atom. The first-order chi connectivity index (χ1) is 6.86. The number of aliphatic imine (C=N–C) groups is 1. The number of rotatable bonds is 3. The van der Waals surface area contributed by atoms with E-state index >= 15 is 0 Å². The lowest BCUT2D eigenvalue weighted by Gasteiger charge is -2.15. The third kappa shape index (κ3) is 2.25. The van der Waals surface area contributed by atoms with Gasteiger partial charge in [-0.3, -0.25) is 10.0 Å². The second-order valence-electron chi connectivity index (χ2n) is 3.14. The Kier molecular flexibility index (Phi) is 3.01. The van der Waals surface area contributed by atoms with Crippen molar-refractivity contribution in [2.75, 3.05) is 13.1 Å². The van der Waals surface area contributed by atoms with E-state index in [0.717, 1.165) is 30.2 Å². The third-order valence-corrected chi connectivity index (χ3v) is 2.49. The molecule has 0 bridgehead atoms. The number of nitrogens with zero attached hydrogens (tertiary/aromatic N) is 2. The lowest BCUT2D eigenvalue weighted by atomic mass is 10.2. The molecular formula is C10H12ClN3. The number of halogens is 1. The molecule has 1 aromatic rings. The molecule has 1 aliphatic rings. The zero-order valence-corrected chi connectivity index (χ0v) is 8.54. The fourth-order valence-electron chi connectivity index (χ4n) is 1.33. The highest BCUT2D eigenvalue weighted by atomic mass is 35.5. The summed E-state index contributed by atoms with van der Waals surface area (Å²) in [6.45, 7) is 2.55. The summed E-state index contributed by atoms with van der Waals surface area (Å²) in [5.74, 6) is 0. The van der Waals surface area contributed by atoms with E-state index in [4.69, 9.17) is 11.6 Å². The second-order valence-corrected chi connectivity index (χ2v) is 3.55. The molecule has 1 aliphatic heterocycles. The summed E-state index contributed by atoms with van der Waals surface area (Å²) < 4.78 is 0. The summed E-state index contributed by atoms with van der Waals surface area (Å²) in [7, 11) is 0. The minimum Gasteiger partial charge on any atom is -0.296 e. The van der Waals surface area contributed by atoms with E-state index in [0.29, 0.717) is 0 Å². The van der Waals surface area contributed by atoms with Crippen LogP contribution in [0.5, 0.6) is 0 Å². The Morgan fingerprint density at radius 2 is 2.29 bits per heavy atom. The van der Waals surface area contributed by atoms with Gasteiger partial charge in [0.1, 0.15) is 0 Å². The predicted molar refractivity (Wildman–Crippen MR) is 58.4 cm³/mol. The molecule has 1 N–H and O–H groups in total. The van der Waals surface area contributed by atoms with Crippen LogP contribution in [0.3, 0.4) is 0 Å². The van der Waals surface area contributed by atoms with Gasteiger partial charge in [0, 0.05) is 11.6 Å². The van der Waals surface area contributed by atoms with Crippen LogP contribution < -0.4 is 5.43 Å². The molecule has 0 aliphatic carbocycles. The molecule has 0 unspecified atom stereocenters. The quantitative estimate of drug-likeness (QED) is 0.821. The molecule has 1 aromatic carbocycles. The van der Waals surface area contributed by atoms with E-state index in [1.807, 2.05) is 35.6 Å². The minimum atomic E-state index is 0.742. The van der Waals surface area contributed by atoms with E-state index in [1.165, 1.54) is 0 Å². The lowest BCUT2D eigenvalue weighted by Crippen LogP contribution is -2.34. The molecular weight excluding hydrogens is 198 g/mol. The van der Waals surface area contributed by atoms with Gasteiger partial charge >= 0.3 is 0 Å². The van der Waals surface area contributed by atoms with E-state index in [2.05, 4.69) is 10.4 Å². The summed E-state index contributed by atoms with van der Waals surface area (Å²) >= 11 is 6.02. The van der Waals surface area contributed by atoms with Crippen LogP contribution in [-0.2, 0) is 6.54 Å². The molecule has 0 amide bonds. The van der Waals surface area contributed by atoms with Crippen LogP contribution in [0.25, 0.3) is 0 Å². The van der Waals surface area contributed by atoms with Gasteiger partial charge in [-0.05, 0) is 11.6 Å². The van der Waals surface area contributed by atoms with Crippen molar-refractivity contribution in [3.63, 3.8) is 0 Å². The molecule has 0 spiro atoms. The zero-order chi connectivity index (χ0) is 9.80. The first-order valence-corrected chi connectivity index (χ1v) is 4.97. The topological polar surface area (TPSA) is 27.6 Å². The van der Waals surface area contributed by atoms with Crippen LogP contribution >= 0.6 is 11.6 Å². The Balaban J connectivity index is 1.91. The fourth-order valence-corrected chi connectivity index (χ4v) is 1.53. The Labute approximate surface area is 88.4 Å². The first-order valence-electron chi connectivity index (χ1n) is 4.60. The van der Waals surface area contributed by atoms with Crippen LogP contribution in [0.1, 0.15) is 5.56 Å². The van der Waals surface area contributed by atoms with Crippen molar-refractivity contribution in [2.24, 2.45) is 4.99 Å². The van der Waals surface area contributed by atoms with Crippen LogP contribution in [0.4, 0.5) is 0 Å². The maximum absolute atomic E-state index is 6.02. The average molecular weight is 210 g/mol. The number of hydrogen-bond donors (Lipinski definition) is 1. The van der Waals surface area contributed by atoms with Gasteiger partial charge in [0.15, 0.2) is 0 Å². The highest BCUT2D eigenvalue weighted by Crippen LogP contribution is 2.14. The average Bonchev–Trinajstić information content (AvgIpc) is 2.69. The van der Waals surface area contributed by atoms with Gasteiger partial charge in [-0.25, -0.2) is 5.43 Å². The molecule has 0 aromatic heterocycles. The van der Waals surface area contributed by atoms with Crippen molar-refractivity contribution in [3.05, 3.63) is 34.9 Å². The molecule has 74 valence electrons. The maximum Gasteiger partial charge on any atom is 0.0993 e. The Morgan fingerprint density at radius 1 is 1.43 bits per heavy atom. The van der Waals surface area contributed by atoms with E-state index in [-0.39, 0.29) is 0 Å². The monoisotopic (exact) mass is 209 g/mol. The number of hydrazine groups is 1. The van der Waals surface area contributed by atoms with Gasteiger partial charge < -0.3 is 0 Å². The second kappa shape index (κ2) is 4.44. The number of nitrogens with one attached hydrogen (secondary N) is 1. The largest absolute Gasteiger partial charge is 0.296 e. The summed E-state index contributed by atoms with van der Waals surface area (Å²) in [6.07, 6.45) is 1.82. The van der Waals surface area contributed by atoms with Crippen molar-refractivity contribution in [1.82, 2.24) is 10.4 Å². The molecule has 4 heteroatoms. The van der Waals surface area contributed by atoms with Gasteiger partial charge in [0.05, 0.1) is 19.4 Å². The lowest BCUT2D eigenvalue weighted by molar-refractivity contribution is 0.339. The molecule has 1 heterocycles. The van der Waals surface area contributed by atoms with Gasteiger partial charge in [0.25, 0.3) is 0 Å². The van der Waals surface area contributed by atoms with Gasteiger partial charge in [-0.1, -0.05) is 29.8 Å². The van der Waals surface area contributed by atoms with Crippen molar-refractivity contribution in [1.29, 1.82) is 0 Å². The molecule has 0 radical (unpaired) electrons. The molecule has 14 heavy (non-hydrogen) atoms. The number of benzene rings is 1. The van der Waals surface area contributed by atoms with Gasteiger partial charge in [-0.15, -0.1) is 0 Å². The first kappa shape index (κ1) is 9.49. The van der Waals surface area contributed by atoms with Crippen LogP contribution in [0, 0.1) is 0 Å². The Bertz CT molecular complexity index is 338. The SMILES string of the molecule is Clc1ccccc1CNN1C=NCC1. The molecule has 0 saturated carbocycles. The predicted octanol–water partition coefficient (Wildman–Crippen LogP) is 1.69. The van der Waals surface area contributed by atoms with E-state index < -0.39 is 0 Å². The van der Waals surface area contributed by atoms with Crippen molar-refractivity contribution < 1.29 is 0 Å². The van der Waals surface area contributed by atoms with Crippen molar-refractivity contribution >= 4 is 17.9 Å². The fraction of sp³-hybridized carbons (Fsp3) is 0.300. The maximum atomic E-state index is 6.02. The Hall–Kier alpha value is -1.06. The summed E-state index contributed by atoms with van der Waals surface area (Å²) in [6, 6.07) is 7.84. The highest BCUT2D eigenvalue weighted by Gasteiger charge is 2.05. The van der Waals surface area contributed by atoms with Gasteiger partial charge in [0.2, 0.25) is 0 Å². The van der Waals surface area contributed by atoms with E-state index in [1.54, 1.807) is 0 Å². The summed E-state index contributed by atoms with van der Waals surface area (Å²) in [5.41, 5.74) is 4.34. The molecule has 3 nitrogen and oxygen atoms in total. The third-order valence-electron chi connectivity index (χ3n) is 2.12. The highest BCUT2D eigenvalue weighted by molar-refractivity contribution is 6.31. The van der Waals surface area contributed by atoms with Gasteiger partial charge in [-0.2, -0.15) is 0 Å². The molecule has 2 rings (SSSR count). The molecule has 0 fully saturated rings. The molecule has 0 atom stereocenters. The van der Waals surface area contributed by atoms with Crippen molar-refractivity contribution in [3.8, 4) is 0 Å². The normalized spacial score (nSPS) is 15.1. The van der Waals surface area contributed by atoms with Crippen LogP contribution in [-0.4, -0.2) is 24.4 Å². The summed E-state index contributed by atoms with van der Waals surface area (Å²) in [5, 5.41) is 2.78. The van der Waals surface area contributed by atoms with Crippen LogP contribution in [0.2, 0.25) is 5.02 Å². The number of hydrogen-bond acceptors (Lipinski definition) is 3. The molecule has 0 saturated heterocycles.